The zero-order valence-electron chi connectivity index (χ0n) is 23.0. The Morgan fingerprint density at radius 1 is 0.925 bits per heavy atom. The molecule has 1 fully saturated rings. The molecule has 0 bridgehead atoms. The van der Waals surface area contributed by atoms with Gasteiger partial charge in [0.05, 0.1) is 0 Å². The van der Waals surface area contributed by atoms with Crippen LogP contribution < -0.4 is 0 Å². The fourth-order valence-electron chi connectivity index (χ4n) is 5.26. The van der Waals surface area contributed by atoms with E-state index in [1.807, 2.05) is 29.0 Å². The second-order valence-corrected chi connectivity index (χ2v) is 11.0. The molecule has 2 aliphatic heterocycles. The summed E-state index contributed by atoms with van der Waals surface area (Å²) in [6.45, 7) is 3.89. The maximum absolute atomic E-state index is 13.1. The first-order valence-electron chi connectivity index (χ1n) is 14.0. The number of carbonyl (C=O) groups is 3. The fourth-order valence-corrected chi connectivity index (χ4v) is 5.64. The first kappa shape index (κ1) is 29.9. The number of alkyl halides is 1. The van der Waals surface area contributed by atoms with Crippen LogP contribution in [0.1, 0.15) is 68.9 Å². The van der Waals surface area contributed by atoms with E-state index >= 15 is 0 Å². The Balaban J connectivity index is 0.000000398. The summed E-state index contributed by atoms with van der Waals surface area (Å²) in [6.07, 6.45) is 5.78. The Kier molecular flexibility index (Phi) is 10.8. The number of likely N-dealkylation sites (tertiary alicyclic amines) is 1. The third-order valence-electron chi connectivity index (χ3n) is 7.70. The number of aromatic nitrogens is 1. The Hall–Kier alpha value is -3.10. The number of Topliss-reactive ketones (excluding diaryl/α,β-unsaturated/α-hetero) is 2. The maximum atomic E-state index is 13.1. The average molecular weight is 611 g/mol. The molecule has 212 valence electrons. The van der Waals surface area contributed by atoms with Gasteiger partial charge in [-0.1, -0.05) is 46.3 Å². The molecule has 1 amide bonds. The molecule has 0 N–H and O–H groups in total. The lowest BCUT2D eigenvalue weighted by molar-refractivity contribution is 0.0785. The molecule has 0 spiro atoms. The lowest BCUT2D eigenvalue weighted by atomic mass is 9.89. The number of ketones is 2. The van der Waals surface area contributed by atoms with E-state index in [0.717, 1.165) is 50.6 Å². The van der Waals surface area contributed by atoms with E-state index in [-0.39, 0.29) is 29.2 Å². The van der Waals surface area contributed by atoms with Gasteiger partial charge in [0, 0.05) is 55.1 Å². The van der Waals surface area contributed by atoms with Crippen LogP contribution in [0.25, 0.3) is 0 Å². The van der Waals surface area contributed by atoms with Crippen LogP contribution in [0, 0.1) is 11.7 Å². The van der Waals surface area contributed by atoms with Gasteiger partial charge in [-0.15, -0.1) is 0 Å². The highest BCUT2D eigenvalue weighted by Gasteiger charge is 2.28. The van der Waals surface area contributed by atoms with Gasteiger partial charge in [-0.3, -0.25) is 14.4 Å². The molecule has 0 aliphatic carbocycles. The summed E-state index contributed by atoms with van der Waals surface area (Å²) in [4.78, 5) is 41.6. The molecule has 0 radical (unpaired) electrons. The summed E-state index contributed by atoms with van der Waals surface area (Å²) < 4.78 is 15.0. The molecule has 2 aliphatic rings. The van der Waals surface area contributed by atoms with E-state index in [4.69, 9.17) is 0 Å². The predicted octanol–water partition coefficient (Wildman–Crippen LogP) is 6.24. The van der Waals surface area contributed by atoms with Crippen molar-refractivity contribution in [2.75, 3.05) is 33.2 Å². The van der Waals surface area contributed by atoms with Crippen molar-refractivity contribution < 1.29 is 18.8 Å². The molecule has 40 heavy (non-hydrogen) atoms. The van der Waals surface area contributed by atoms with Gasteiger partial charge in [-0.05, 0) is 81.2 Å². The van der Waals surface area contributed by atoms with E-state index in [2.05, 4.69) is 33.0 Å². The minimum absolute atomic E-state index is 0.00702. The number of nitrogens with zero attached hydrogens (tertiary/aromatic N) is 3. The Morgan fingerprint density at radius 2 is 1.60 bits per heavy atom. The van der Waals surface area contributed by atoms with Gasteiger partial charge in [0.15, 0.2) is 11.6 Å². The topological polar surface area (TPSA) is 62.6 Å². The lowest BCUT2D eigenvalue weighted by Gasteiger charge is -2.31. The van der Waals surface area contributed by atoms with E-state index < -0.39 is 0 Å². The van der Waals surface area contributed by atoms with Crippen LogP contribution in [0.4, 0.5) is 4.39 Å². The fraction of sp³-hybridized carbons (Fsp3) is 0.406. The van der Waals surface area contributed by atoms with Crippen molar-refractivity contribution in [3.63, 3.8) is 0 Å². The first-order chi connectivity index (χ1) is 19.4. The number of hydrogen-bond acceptors (Lipinski definition) is 4. The van der Waals surface area contributed by atoms with Crippen LogP contribution in [0.5, 0.6) is 0 Å². The number of benzene rings is 2. The summed E-state index contributed by atoms with van der Waals surface area (Å²) in [5.74, 6) is -0.247. The monoisotopic (exact) mass is 609 g/mol. The van der Waals surface area contributed by atoms with Gasteiger partial charge in [0.25, 0.3) is 5.91 Å². The molecule has 8 heteroatoms. The largest absolute Gasteiger partial charge is 0.343 e. The minimum Gasteiger partial charge on any atom is -0.343 e. The van der Waals surface area contributed by atoms with Crippen molar-refractivity contribution in [3.8, 4) is 0 Å². The number of aryl methyl sites for hydroxylation is 1. The van der Waals surface area contributed by atoms with Crippen LogP contribution >= 0.6 is 15.9 Å². The van der Waals surface area contributed by atoms with Gasteiger partial charge in [0.2, 0.25) is 0 Å². The van der Waals surface area contributed by atoms with Crippen molar-refractivity contribution in [3.05, 3.63) is 95.1 Å². The van der Waals surface area contributed by atoms with Crippen LogP contribution in [0.2, 0.25) is 0 Å². The number of halogens is 2. The molecule has 1 saturated heterocycles. The highest BCUT2D eigenvalue weighted by Crippen LogP contribution is 2.23. The quantitative estimate of drug-likeness (QED) is 0.172. The van der Waals surface area contributed by atoms with Crippen LogP contribution in [0.15, 0.2) is 66.9 Å². The summed E-state index contributed by atoms with van der Waals surface area (Å²) in [5.41, 5.74) is 2.99. The number of rotatable bonds is 8. The Morgan fingerprint density at radius 3 is 2.25 bits per heavy atom. The number of fused-ring (bicyclic) bond motifs is 1. The summed E-state index contributed by atoms with van der Waals surface area (Å²) in [6, 6.07) is 17.9. The highest BCUT2D eigenvalue weighted by atomic mass is 79.9. The third kappa shape index (κ3) is 7.76. The standard InChI is InChI=1S/C25H30FN3O3.C7H7Br/c1-27-14-11-22(30)21-10-17-29(23(21)25(27)32)13-3-2-12-28-15-8-19(9-16-28)24(31)18-4-6-20(26)7-5-18;8-6-7-4-2-1-3-5-7/h4-7,10,17,19H,2-3,8-9,11-16H2,1H3;1-5H,6H2. The van der Waals surface area contributed by atoms with Crippen molar-refractivity contribution >= 4 is 33.4 Å². The molecule has 0 atom stereocenters. The zero-order chi connectivity index (χ0) is 28.5. The van der Waals surface area contributed by atoms with Crippen LogP contribution in [-0.2, 0) is 11.9 Å². The van der Waals surface area contributed by atoms with Crippen molar-refractivity contribution in [2.45, 2.75) is 44.0 Å². The minimum atomic E-state index is -0.324. The van der Waals surface area contributed by atoms with Crippen molar-refractivity contribution in [1.29, 1.82) is 0 Å². The molecule has 3 heterocycles. The maximum Gasteiger partial charge on any atom is 0.270 e. The number of hydrogen-bond donors (Lipinski definition) is 0. The number of piperidine rings is 1. The van der Waals surface area contributed by atoms with E-state index in [1.165, 1.54) is 17.7 Å². The molecule has 1 aromatic heterocycles. The summed E-state index contributed by atoms with van der Waals surface area (Å²) in [7, 11) is 1.74. The van der Waals surface area contributed by atoms with Crippen LogP contribution in [0.3, 0.4) is 0 Å². The van der Waals surface area contributed by atoms with Gasteiger partial charge in [-0.2, -0.15) is 0 Å². The molecular weight excluding hydrogens is 573 g/mol. The average Bonchev–Trinajstić information content (AvgIpc) is 3.38. The van der Waals surface area contributed by atoms with Crippen molar-refractivity contribution in [2.24, 2.45) is 5.92 Å². The molecule has 0 unspecified atom stereocenters. The summed E-state index contributed by atoms with van der Waals surface area (Å²) in [5, 5.41) is 0.952. The van der Waals surface area contributed by atoms with E-state index in [9.17, 15) is 18.8 Å². The second-order valence-electron chi connectivity index (χ2n) is 10.5. The second kappa shape index (κ2) is 14.5. The number of carbonyl (C=O) groups excluding carboxylic acids is 3. The molecule has 5 rings (SSSR count). The molecule has 2 aromatic carbocycles. The zero-order valence-corrected chi connectivity index (χ0v) is 24.6. The van der Waals surface area contributed by atoms with E-state index in [0.29, 0.717) is 36.3 Å². The molecular formula is C32H37BrFN3O3. The predicted molar refractivity (Wildman–Crippen MR) is 159 cm³/mol. The SMILES string of the molecule is BrCc1ccccc1.CN1CCC(=O)c2ccn(CCCCN3CCC(C(=O)c4ccc(F)cc4)CC3)c2C1=O. The van der Waals surface area contributed by atoms with Gasteiger partial charge < -0.3 is 14.4 Å². The number of unbranched alkanes of at least 4 members (excludes halogenated alkanes) is 1. The van der Waals surface area contributed by atoms with Gasteiger partial charge in [-0.25, -0.2) is 4.39 Å². The molecule has 0 saturated carbocycles. The van der Waals surface area contributed by atoms with Gasteiger partial charge in [0.1, 0.15) is 11.5 Å². The highest BCUT2D eigenvalue weighted by molar-refractivity contribution is 9.08. The van der Waals surface area contributed by atoms with Crippen LogP contribution in [-0.4, -0.2) is 65.1 Å². The van der Waals surface area contributed by atoms with Crippen molar-refractivity contribution in [1.82, 2.24) is 14.4 Å². The molecule has 6 nitrogen and oxygen atoms in total. The normalized spacial score (nSPS) is 16.2. The smallest absolute Gasteiger partial charge is 0.270 e. The summed E-state index contributed by atoms with van der Waals surface area (Å²) >= 11 is 3.36. The van der Waals surface area contributed by atoms with E-state index in [1.54, 1.807) is 30.1 Å². The molecule has 3 aromatic rings. The van der Waals surface area contributed by atoms with Gasteiger partial charge >= 0.3 is 0 Å². The number of amides is 1. The third-order valence-corrected chi connectivity index (χ3v) is 8.34. The Labute approximate surface area is 244 Å². The lowest BCUT2D eigenvalue weighted by Crippen LogP contribution is -2.37. The Bertz CT molecular complexity index is 1280. The first-order valence-corrected chi connectivity index (χ1v) is 15.1.